The first-order valence-corrected chi connectivity index (χ1v) is 9.21. The summed E-state index contributed by atoms with van der Waals surface area (Å²) in [6.07, 6.45) is 0.718. The van der Waals surface area contributed by atoms with E-state index in [4.69, 9.17) is 15.5 Å². The Labute approximate surface area is 175 Å². The second-order valence-corrected chi connectivity index (χ2v) is 6.68. The van der Waals surface area contributed by atoms with E-state index in [2.05, 4.69) is 14.7 Å². The minimum atomic E-state index is -4.74. The van der Waals surface area contributed by atoms with Gasteiger partial charge in [0.25, 0.3) is 0 Å². The van der Waals surface area contributed by atoms with E-state index in [1.165, 1.54) is 19.2 Å². The molecule has 3 aromatic rings. The molecular weight excluding hydrogens is 409 g/mol. The lowest BCUT2D eigenvalue weighted by molar-refractivity contribution is -0.274. The van der Waals surface area contributed by atoms with Crippen molar-refractivity contribution in [3.8, 4) is 11.5 Å². The number of hydrogen-bond acceptors (Lipinski definition) is 6. The van der Waals surface area contributed by atoms with E-state index in [1.807, 2.05) is 12.1 Å². The van der Waals surface area contributed by atoms with Crippen molar-refractivity contribution < 1.29 is 22.6 Å². The number of ether oxygens (including phenoxy) is 2. The number of rotatable bonds is 5. The Morgan fingerprint density at radius 2 is 1.68 bits per heavy atom. The maximum Gasteiger partial charge on any atom is 0.573 e. The smallest absolute Gasteiger partial charge is 0.493 e. The fourth-order valence-electron chi connectivity index (χ4n) is 3.29. The van der Waals surface area contributed by atoms with Crippen LogP contribution in [0.25, 0.3) is 11.3 Å². The van der Waals surface area contributed by atoms with Crippen molar-refractivity contribution in [1.82, 2.24) is 9.97 Å². The highest BCUT2D eigenvalue weighted by atomic mass is 19.4. The average Bonchev–Trinajstić information content (AvgIpc) is 3.19. The monoisotopic (exact) mass is 426 g/mol. The zero-order chi connectivity index (χ0) is 22.0. The Morgan fingerprint density at radius 1 is 0.968 bits per heavy atom. The summed E-state index contributed by atoms with van der Waals surface area (Å²) >= 11 is 0. The van der Waals surface area contributed by atoms with Gasteiger partial charge in [-0.25, -0.2) is 4.98 Å². The first-order chi connectivity index (χ1) is 14.8. The number of alkyl halides is 3. The molecular formula is C22H17F3N4O2. The number of methoxy groups -OCH3 is 1. The molecule has 3 heterocycles. The standard InChI is InChI=1S/C22H17F3N4O2/c1-30-19-10-15(12-28-21(19)26)20-17(13-6-8-27-9-7-13)11-18(29-20)14-2-4-16(5-3-14)31-22(23,24)25/h2-10,12H,11H2,1H3,(H2,26,28). The second kappa shape index (κ2) is 8.10. The number of aliphatic imine (C=N–C) groups is 1. The van der Waals surface area contributed by atoms with Crippen molar-refractivity contribution in [2.45, 2.75) is 12.8 Å². The zero-order valence-corrected chi connectivity index (χ0v) is 16.3. The molecule has 31 heavy (non-hydrogen) atoms. The van der Waals surface area contributed by atoms with Crippen molar-refractivity contribution in [2.75, 3.05) is 12.8 Å². The molecule has 2 aromatic heterocycles. The number of benzene rings is 1. The van der Waals surface area contributed by atoms with Crippen LogP contribution < -0.4 is 15.2 Å². The van der Waals surface area contributed by atoms with Crippen molar-refractivity contribution in [3.63, 3.8) is 0 Å². The number of hydrogen-bond donors (Lipinski definition) is 1. The SMILES string of the molecule is COc1cc(C2=C(c3ccncc3)CC(c3ccc(OC(F)(F)F)cc3)=N2)cnc1N. The summed E-state index contributed by atoms with van der Waals surface area (Å²) in [5, 5.41) is 0. The Hall–Kier alpha value is -3.88. The molecule has 158 valence electrons. The highest BCUT2D eigenvalue weighted by molar-refractivity contribution is 6.16. The molecule has 0 bridgehead atoms. The molecule has 0 saturated heterocycles. The van der Waals surface area contributed by atoms with E-state index in [1.54, 1.807) is 36.8 Å². The summed E-state index contributed by atoms with van der Waals surface area (Å²) < 4.78 is 46.5. The predicted molar refractivity (Wildman–Crippen MR) is 111 cm³/mol. The summed E-state index contributed by atoms with van der Waals surface area (Å²) in [6, 6.07) is 11.1. The Balaban J connectivity index is 1.72. The third-order valence-electron chi connectivity index (χ3n) is 4.70. The van der Waals surface area contributed by atoms with E-state index >= 15 is 0 Å². The molecule has 2 N–H and O–H groups in total. The zero-order valence-electron chi connectivity index (χ0n) is 16.3. The second-order valence-electron chi connectivity index (χ2n) is 6.68. The first-order valence-electron chi connectivity index (χ1n) is 9.21. The molecule has 4 rings (SSSR count). The number of nitrogens with zero attached hydrogens (tertiary/aromatic N) is 3. The largest absolute Gasteiger partial charge is 0.573 e. The fraction of sp³-hybridized carbons (Fsp3) is 0.136. The molecule has 0 amide bonds. The van der Waals surface area contributed by atoms with E-state index in [-0.39, 0.29) is 11.6 Å². The summed E-state index contributed by atoms with van der Waals surface area (Å²) in [7, 11) is 1.50. The van der Waals surface area contributed by atoms with Crippen LogP contribution in [0.1, 0.15) is 23.1 Å². The van der Waals surface area contributed by atoms with E-state index in [0.29, 0.717) is 34.7 Å². The molecule has 0 aliphatic carbocycles. The van der Waals surface area contributed by atoms with Gasteiger partial charge in [-0.2, -0.15) is 0 Å². The number of nitrogens with two attached hydrogens (primary N) is 1. The van der Waals surface area contributed by atoms with Crippen LogP contribution in [0.4, 0.5) is 19.0 Å². The number of pyridine rings is 2. The highest BCUT2D eigenvalue weighted by Crippen LogP contribution is 2.38. The van der Waals surface area contributed by atoms with Gasteiger partial charge in [0.2, 0.25) is 0 Å². The van der Waals surface area contributed by atoms with Crippen LogP contribution >= 0.6 is 0 Å². The van der Waals surface area contributed by atoms with Gasteiger partial charge in [-0.1, -0.05) is 0 Å². The number of allylic oxidation sites excluding steroid dienone is 1. The average molecular weight is 426 g/mol. The lowest BCUT2D eigenvalue weighted by atomic mass is 9.97. The summed E-state index contributed by atoms with van der Waals surface area (Å²) in [5.74, 6) is 0.404. The number of nitrogen functional groups attached to an aromatic ring is 1. The fourth-order valence-corrected chi connectivity index (χ4v) is 3.29. The van der Waals surface area contributed by atoms with Gasteiger partial charge < -0.3 is 15.2 Å². The van der Waals surface area contributed by atoms with Gasteiger partial charge in [0.1, 0.15) is 5.75 Å². The molecule has 0 atom stereocenters. The van der Waals surface area contributed by atoms with Crippen LogP contribution in [0.3, 0.4) is 0 Å². The highest BCUT2D eigenvalue weighted by Gasteiger charge is 2.31. The van der Waals surface area contributed by atoms with Crippen LogP contribution in [0, 0.1) is 0 Å². The number of aromatic nitrogens is 2. The third kappa shape index (κ3) is 4.50. The van der Waals surface area contributed by atoms with Crippen molar-refractivity contribution in [1.29, 1.82) is 0 Å². The minimum absolute atomic E-state index is 0.264. The number of halogens is 3. The Bertz CT molecular complexity index is 1160. The van der Waals surface area contributed by atoms with Gasteiger partial charge in [-0.05, 0) is 59.2 Å². The van der Waals surface area contributed by atoms with Gasteiger partial charge in [-0.15, -0.1) is 13.2 Å². The molecule has 0 fully saturated rings. The maximum atomic E-state index is 12.4. The first kappa shape index (κ1) is 20.4. The lowest BCUT2D eigenvalue weighted by Gasteiger charge is -2.09. The van der Waals surface area contributed by atoms with Crippen LogP contribution in [-0.2, 0) is 0 Å². The lowest BCUT2D eigenvalue weighted by Crippen LogP contribution is -2.17. The quantitative estimate of drug-likeness (QED) is 0.638. The van der Waals surface area contributed by atoms with Crippen molar-refractivity contribution in [2.24, 2.45) is 4.99 Å². The number of anilines is 1. The Morgan fingerprint density at radius 3 is 2.32 bits per heavy atom. The van der Waals surface area contributed by atoms with Gasteiger partial charge in [0.05, 0.1) is 18.5 Å². The molecule has 1 aliphatic heterocycles. The van der Waals surface area contributed by atoms with Gasteiger partial charge in [0.15, 0.2) is 11.6 Å². The van der Waals surface area contributed by atoms with E-state index in [9.17, 15) is 13.2 Å². The van der Waals surface area contributed by atoms with Crippen LogP contribution in [0.5, 0.6) is 11.5 Å². The molecule has 0 radical (unpaired) electrons. The molecule has 0 unspecified atom stereocenters. The molecule has 9 heteroatoms. The van der Waals surface area contributed by atoms with Gasteiger partial charge >= 0.3 is 6.36 Å². The normalized spacial score (nSPS) is 13.9. The van der Waals surface area contributed by atoms with Gasteiger partial charge in [-0.3, -0.25) is 9.98 Å². The third-order valence-corrected chi connectivity index (χ3v) is 4.70. The maximum absolute atomic E-state index is 12.4. The molecule has 1 aromatic carbocycles. The van der Waals surface area contributed by atoms with Gasteiger partial charge in [0, 0.05) is 30.6 Å². The predicted octanol–water partition coefficient (Wildman–Crippen LogP) is 4.73. The topological polar surface area (TPSA) is 82.6 Å². The minimum Gasteiger partial charge on any atom is -0.493 e. The summed E-state index contributed by atoms with van der Waals surface area (Å²) in [4.78, 5) is 13.0. The van der Waals surface area contributed by atoms with Crippen LogP contribution in [0.2, 0.25) is 0 Å². The molecule has 0 saturated carbocycles. The Kier molecular flexibility index (Phi) is 5.33. The summed E-state index contributed by atoms with van der Waals surface area (Å²) in [5.41, 5.74) is 10.5. The van der Waals surface area contributed by atoms with E-state index < -0.39 is 6.36 Å². The molecule has 6 nitrogen and oxygen atoms in total. The van der Waals surface area contributed by atoms with Crippen LogP contribution in [-0.4, -0.2) is 29.2 Å². The molecule has 1 aliphatic rings. The van der Waals surface area contributed by atoms with Crippen molar-refractivity contribution in [3.05, 3.63) is 77.7 Å². The van der Waals surface area contributed by atoms with Crippen LogP contribution in [0.15, 0.2) is 66.0 Å². The van der Waals surface area contributed by atoms with E-state index in [0.717, 1.165) is 11.1 Å². The summed E-state index contributed by atoms with van der Waals surface area (Å²) in [6.45, 7) is 0. The van der Waals surface area contributed by atoms with Crippen molar-refractivity contribution >= 4 is 22.8 Å². The molecule has 0 spiro atoms.